The van der Waals surface area contributed by atoms with E-state index in [4.69, 9.17) is 5.84 Å². The zero-order valence-electron chi connectivity index (χ0n) is 11.1. The maximum Gasteiger partial charge on any atom is 0.471 e. The van der Waals surface area contributed by atoms with Crippen molar-refractivity contribution >= 4 is 30.3 Å². The molecule has 0 saturated heterocycles. The molecule has 1 amide bonds. The third-order valence-corrected chi connectivity index (χ3v) is 3.33. The highest BCUT2D eigenvalue weighted by Crippen LogP contribution is 2.18. The number of nitrogens with zero attached hydrogens (tertiary/aromatic N) is 2. The van der Waals surface area contributed by atoms with Crippen LogP contribution in [0.15, 0.2) is 53.6 Å². The number of amides is 1. The number of carbonyl (C=O) groups is 1. The largest absolute Gasteiger partial charge is 0.471 e. The van der Waals surface area contributed by atoms with Gasteiger partial charge in [-0.1, -0.05) is 24.3 Å². The zero-order chi connectivity index (χ0) is 14.8. The van der Waals surface area contributed by atoms with Crippen LogP contribution in [0, 0.1) is 0 Å². The van der Waals surface area contributed by atoms with Crippen molar-refractivity contribution in [2.75, 3.05) is 4.92 Å². The van der Waals surface area contributed by atoms with Crippen LogP contribution in [0.4, 0.5) is 5.69 Å². The molecule has 0 bridgehead atoms. The zero-order valence-corrected chi connectivity index (χ0v) is 11.1. The molecule has 2 aromatic rings. The molecule has 0 radical (unpaired) electrons. The number of hydrazone groups is 1. The summed E-state index contributed by atoms with van der Waals surface area (Å²) in [5, 5.41) is 14.7. The van der Waals surface area contributed by atoms with Crippen molar-refractivity contribution in [1.82, 2.24) is 5.43 Å². The van der Waals surface area contributed by atoms with E-state index in [0.717, 1.165) is 5.69 Å². The average molecular weight is 280 g/mol. The minimum Gasteiger partial charge on any atom is -0.427 e. The van der Waals surface area contributed by atoms with Gasteiger partial charge in [0, 0.05) is 11.3 Å². The number of hydrazine groups is 1. The number of para-hydroxylation sites is 1. The van der Waals surface area contributed by atoms with Gasteiger partial charge in [0.1, 0.15) is 0 Å². The highest BCUT2D eigenvalue weighted by Gasteiger charge is 2.30. The maximum absolute atomic E-state index is 11.5. The minimum atomic E-state index is -0.901. The van der Waals surface area contributed by atoms with Crippen molar-refractivity contribution < 1.29 is 9.82 Å². The predicted molar refractivity (Wildman–Crippen MR) is 82.2 cm³/mol. The highest BCUT2D eigenvalue weighted by atomic mass is 16.2. The van der Waals surface area contributed by atoms with Crippen LogP contribution in [-0.4, -0.2) is 24.2 Å². The van der Waals surface area contributed by atoms with E-state index in [2.05, 4.69) is 10.5 Å². The summed E-state index contributed by atoms with van der Waals surface area (Å²) in [5.41, 5.74) is 4.66. The smallest absolute Gasteiger partial charge is 0.427 e. The Bertz CT molecular complexity index is 705. The van der Waals surface area contributed by atoms with E-state index in [9.17, 15) is 9.82 Å². The van der Waals surface area contributed by atoms with Gasteiger partial charge in [0.2, 0.25) is 0 Å². The summed E-state index contributed by atoms with van der Waals surface area (Å²) in [7, 11) is -0.901. The summed E-state index contributed by atoms with van der Waals surface area (Å²) >= 11 is 0. The minimum absolute atomic E-state index is 0.383. The fourth-order valence-electron chi connectivity index (χ4n) is 2.25. The molecule has 0 aromatic heterocycles. The maximum atomic E-state index is 11.5. The van der Waals surface area contributed by atoms with E-state index in [0.29, 0.717) is 16.6 Å². The molecule has 4 N–H and O–H groups in total. The number of nitrogen functional groups attached to an aromatic ring is 1. The van der Waals surface area contributed by atoms with Crippen LogP contribution in [0.25, 0.3) is 0 Å². The van der Waals surface area contributed by atoms with Gasteiger partial charge in [0.15, 0.2) is 0 Å². The first-order valence-corrected chi connectivity index (χ1v) is 6.42. The quantitative estimate of drug-likeness (QED) is 0.308. The Balaban J connectivity index is 1.97. The second kappa shape index (κ2) is 5.39. The molecule has 21 heavy (non-hydrogen) atoms. The van der Waals surface area contributed by atoms with E-state index < -0.39 is 7.05 Å². The van der Waals surface area contributed by atoms with Gasteiger partial charge in [-0.05, 0) is 35.3 Å². The van der Waals surface area contributed by atoms with Gasteiger partial charge >= 0.3 is 7.05 Å². The number of carbonyl (C=O) groups excluding carboxylic acids is 1. The first-order valence-electron chi connectivity index (χ1n) is 6.42. The lowest BCUT2D eigenvalue weighted by Gasteiger charge is -2.26. The predicted octanol–water partition coefficient (Wildman–Crippen LogP) is -0.168. The van der Waals surface area contributed by atoms with Crippen molar-refractivity contribution in [3.05, 3.63) is 59.7 Å². The van der Waals surface area contributed by atoms with Crippen molar-refractivity contribution in [3.8, 4) is 0 Å². The average Bonchev–Trinajstić information content (AvgIpc) is 2.55. The summed E-state index contributed by atoms with van der Waals surface area (Å²) in [6.45, 7) is 0. The Morgan fingerprint density at radius 2 is 2.00 bits per heavy atom. The molecule has 1 heterocycles. The van der Waals surface area contributed by atoms with Gasteiger partial charge in [-0.15, -0.1) is 0 Å². The van der Waals surface area contributed by atoms with Gasteiger partial charge in [-0.2, -0.15) is 5.10 Å². The number of rotatable bonds is 2. The van der Waals surface area contributed by atoms with Crippen LogP contribution < -0.4 is 21.7 Å². The molecule has 0 atom stereocenters. The standard InChI is InChI=1S/C14H13BN4O2/c16-18-14(20)10-6-7-13-11(8-10)9-17-19(15(13)21)12-4-2-1-3-5-12/h1-9,21H,16H2,(H,18,20). The third-order valence-electron chi connectivity index (χ3n) is 3.33. The molecule has 3 rings (SSSR count). The first-order chi connectivity index (χ1) is 10.2. The second-order valence-electron chi connectivity index (χ2n) is 4.62. The fourth-order valence-corrected chi connectivity index (χ4v) is 2.25. The number of benzene rings is 2. The van der Waals surface area contributed by atoms with E-state index in [1.807, 2.05) is 30.3 Å². The summed E-state index contributed by atoms with van der Waals surface area (Å²) in [6, 6.07) is 14.3. The van der Waals surface area contributed by atoms with Gasteiger partial charge in [0.25, 0.3) is 5.91 Å². The van der Waals surface area contributed by atoms with Crippen LogP contribution in [0.2, 0.25) is 0 Å². The Labute approximate surface area is 122 Å². The Hall–Kier alpha value is -2.64. The number of fused-ring (bicyclic) bond motifs is 1. The summed E-state index contributed by atoms with van der Waals surface area (Å²) in [6.07, 6.45) is 1.61. The van der Waals surface area contributed by atoms with E-state index in [1.165, 1.54) is 4.92 Å². The molecule has 7 heteroatoms. The Kier molecular flexibility index (Phi) is 3.43. The number of nitrogens with one attached hydrogen (secondary N) is 1. The summed E-state index contributed by atoms with van der Waals surface area (Å²) in [5.74, 6) is 4.73. The molecular weight excluding hydrogens is 267 g/mol. The summed E-state index contributed by atoms with van der Waals surface area (Å²) < 4.78 is 0. The number of hydrogen-bond acceptors (Lipinski definition) is 5. The molecule has 2 aromatic carbocycles. The monoisotopic (exact) mass is 280 g/mol. The Morgan fingerprint density at radius 3 is 2.71 bits per heavy atom. The van der Waals surface area contributed by atoms with Gasteiger partial charge in [-0.25, -0.2) is 5.84 Å². The lowest BCUT2D eigenvalue weighted by Crippen LogP contribution is -2.50. The number of nitrogens with two attached hydrogens (primary N) is 1. The lowest BCUT2D eigenvalue weighted by atomic mass is 9.69. The molecule has 1 aliphatic heterocycles. The normalized spacial score (nSPS) is 13.0. The van der Waals surface area contributed by atoms with Gasteiger partial charge in [-0.3, -0.25) is 15.1 Å². The summed E-state index contributed by atoms with van der Waals surface area (Å²) in [4.78, 5) is 13.0. The van der Waals surface area contributed by atoms with Crippen LogP contribution in [0.5, 0.6) is 0 Å². The molecule has 0 fully saturated rings. The molecule has 0 unspecified atom stereocenters. The van der Waals surface area contributed by atoms with Crippen LogP contribution in [-0.2, 0) is 0 Å². The lowest BCUT2D eigenvalue weighted by molar-refractivity contribution is 0.0953. The molecule has 104 valence electrons. The molecule has 0 spiro atoms. The van der Waals surface area contributed by atoms with Gasteiger partial charge < -0.3 is 5.02 Å². The van der Waals surface area contributed by atoms with E-state index in [1.54, 1.807) is 24.4 Å². The topological polar surface area (TPSA) is 90.9 Å². The van der Waals surface area contributed by atoms with E-state index >= 15 is 0 Å². The highest BCUT2D eigenvalue weighted by molar-refractivity contribution is 6.71. The number of hydrogen-bond donors (Lipinski definition) is 3. The van der Waals surface area contributed by atoms with Crippen molar-refractivity contribution in [2.45, 2.75) is 0 Å². The van der Waals surface area contributed by atoms with Gasteiger partial charge in [0.05, 0.1) is 6.21 Å². The second-order valence-corrected chi connectivity index (χ2v) is 4.62. The van der Waals surface area contributed by atoms with E-state index in [-0.39, 0.29) is 5.91 Å². The van der Waals surface area contributed by atoms with Crippen LogP contribution >= 0.6 is 0 Å². The van der Waals surface area contributed by atoms with Crippen molar-refractivity contribution in [3.63, 3.8) is 0 Å². The molecule has 1 aliphatic rings. The molecule has 6 nitrogen and oxygen atoms in total. The molecular formula is C14H13BN4O2. The molecule has 0 saturated carbocycles. The first kappa shape index (κ1) is 13.4. The van der Waals surface area contributed by atoms with Crippen LogP contribution in [0.1, 0.15) is 15.9 Å². The third kappa shape index (κ3) is 2.40. The van der Waals surface area contributed by atoms with Crippen molar-refractivity contribution in [2.24, 2.45) is 10.9 Å². The fraction of sp³-hybridized carbons (Fsp3) is 0. The van der Waals surface area contributed by atoms with Crippen LogP contribution in [0.3, 0.4) is 0 Å². The number of anilines is 1. The SMILES string of the molecule is NNC(=O)c1ccc2c(c1)C=NN(c1ccccc1)B2O. The Morgan fingerprint density at radius 1 is 1.24 bits per heavy atom. The van der Waals surface area contributed by atoms with Crippen molar-refractivity contribution in [1.29, 1.82) is 0 Å². The molecule has 0 aliphatic carbocycles.